The maximum Gasteiger partial charge on any atom is 0.227 e. The van der Waals surface area contributed by atoms with E-state index in [1.807, 2.05) is 24.3 Å². The van der Waals surface area contributed by atoms with Gasteiger partial charge in [-0.05, 0) is 29.7 Å². The van der Waals surface area contributed by atoms with Crippen LogP contribution in [-0.2, 0) is 0 Å². The number of oxazole rings is 1. The van der Waals surface area contributed by atoms with Crippen molar-refractivity contribution in [2.45, 2.75) is 0 Å². The van der Waals surface area contributed by atoms with Gasteiger partial charge in [-0.2, -0.15) is 0 Å². The number of nitrogens with zero attached hydrogens (tertiary/aromatic N) is 1. The van der Waals surface area contributed by atoms with Crippen molar-refractivity contribution in [1.82, 2.24) is 4.98 Å². The van der Waals surface area contributed by atoms with Gasteiger partial charge in [0.1, 0.15) is 11.3 Å². The molecule has 2 N–H and O–H groups in total. The third-order valence-electron chi connectivity index (χ3n) is 3.51. The quantitative estimate of drug-likeness (QED) is 0.526. The number of hydrogen-bond donors (Lipinski definition) is 1. The second kappa shape index (κ2) is 4.31. The minimum Gasteiger partial charge on any atom is -0.436 e. The molecule has 0 radical (unpaired) electrons. The Hall–Kier alpha value is -2.88. The summed E-state index contributed by atoms with van der Waals surface area (Å²) in [4.78, 5) is 4.46. The zero-order valence-electron chi connectivity index (χ0n) is 11.0. The Morgan fingerprint density at radius 2 is 1.76 bits per heavy atom. The molecule has 0 aliphatic rings. The number of nitrogens with two attached hydrogens (primary N) is 1. The number of nitrogen functional groups attached to an aromatic ring is 1. The molecule has 0 saturated carbocycles. The van der Waals surface area contributed by atoms with Crippen molar-refractivity contribution in [1.29, 1.82) is 0 Å². The molecule has 3 nitrogen and oxygen atoms in total. The molecule has 0 aliphatic heterocycles. The number of benzene rings is 3. The molecule has 4 heteroatoms. The van der Waals surface area contributed by atoms with Gasteiger partial charge in [0.15, 0.2) is 5.58 Å². The number of fused-ring (bicyclic) bond motifs is 2. The summed E-state index contributed by atoms with van der Waals surface area (Å²) in [5, 5.41) is 1.33. The molecule has 0 atom stereocenters. The Balaban J connectivity index is 2.02. The fourth-order valence-electron chi connectivity index (χ4n) is 2.51. The lowest BCUT2D eigenvalue weighted by molar-refractivity contribution is 0.619. The first-order valence-corrected chi connectivity index (χ1v) is 6.56. The van der Waals surface area contributed by atoms with Crippen LogP contribution in [0.5, 0.6) is 0 Å². The Morgan fingerprint density at radius 3 is 2.62 bits per heavy atom. The first-order chi connectivity index (χ1) is 10.2. The van der Waals surface area contributed by atoms with E-state index in [4.69, 9.17) is 10.2 Å². The van der Waals surface area contributed by atoms with Crippen LogP contribution in [-0.4, -0.2) is 4.98 Å². The standard InChI is InChI=1S/C17H11FN2O/c18-14-7-6-13(11-3-1-2-4-12(11)14)17-20-15-8-5-10(19)9-16(15)21-17/h1-9H,19H2. The van der Waals surface area contributed by atoms with E-state index in [1.165, 1.54) is 6.07 Å². The van der Waals surface area contributed by atoms with Gasteiger partial charge in [0.2, 0.25) is 5.89 Å². The highest BCUT2D eigenvalue weighted by Crippen LogP contribution is 2.32. The monoisotopic (exact) mass is 278 g/mol. The van der Waals surface area contributed by atoms with Gasteiger partial charge in [-0.25, -0.2) is 9.37 Å². The molecular weight excluding hydrogens is 267 g/mol. The van der Waals surface area contributed by atoms with Crippen LogP contribution in [0.15, 0.2) is 59.0 Å². The van der Waals surface area contributed by atoms with Crippen LogP contribution in [0.3, 0.4) is 0 Å². The lowest BCUT2D eigenvalue weighted by atomic mass is 10.0. The van der Waals surface area contributed by atoms with Gasteiger partial charge in [-0.3, -0.25) is 0 Å². The van der Waals surface area contributed by atoms with Crippen LogP contribution < -0.4 is 5.73 Å². The van der Waals surface area contributed by atoms with Crippen molar-refractivity contribution >= 4 is 27.6 Å². The fraction of sp³-hybridized carbons (Fsp3) is 0. The summed E-state index contributed by atoms with van der Waals surface area (Å²) in [7, 11) is 0. The Morgan fingerprint density at radius 1 is 0.952 bits per heavy atom. The van der Waals surface area contributed by atoms with Crippen molar-refractivity contribution in [2.75, 3.05) is 5.73 Å². The lowest BCUT2D eigenvalue weighted by Crippen LogP contribution is -1.84. The minimum atomic E-state index is -0.255. The summed E-state index contributed by atoms with van der Waals surface area (Å²) in [6, 6.07) is 15.7. The highest BCUT2D eigenvalue weighted by Gasteiger charge is 2.13. The maximum atomic E-state index is 13.9. The molecule has 1 heterocycles. The summed E-state index contributed by atoms with van der Waals surface area (Å²) in [5.41, 5.74) is 8.48. The molecule has 1 aromatic heterocycles. The van der Waals surface area contributed by atoms with Gasteiger partial charge in [-0.15, -0.1) is 0 Å². The third-order valence-corrected chi connectivity index (χ3v) is 3.51. The third kappa shape index (κ3) is 1.84. The zero-order valence-corrected chi connectivity index (χ0v) is 11.0. The number of anilines is 1. The van der Waals surface area contributed by atoms with E-state index in [1.54, 1.807) is 24.3 Å². The average Bonchev–Trinajstić information content (AvgIpc) is 2.90. The zero-order chi connectivity index (χ0) is 14.4. The van der Waals surface area contributed by atoms with E-state index in [0.29, 0.717) is 22.5 Å². The van der Waals surface area contributed by atoms with Crippen LogP contribution >= 0.6 is 0 Å². The van der Waals surface area contributed by atoms with Crippen molar-refractivity contribution < 1.29 is 8.81 Å². The van der Waals surface area contributed by atoms with Gasteiger partial charge in [0.05, 0.1) is 0 Å². The molecule has 0 bridgehead atoms. The Bertz CT molecular complexity index is 975. The summed E-state index contributed by atoms with van der Waals surface area (Å²) >= 11 is 0. The highest BCUT2D eigenvalue weighted by molar-refractivity contribution is 5.96. The van der Waals surface area contributed by atoms with Crippen molar-refractivity contribution in [3.63, 3.8) is 0 Å². The Kier molecular flexibility index (Phi) is 2.44. The number of halogens is 1. The molecule has 0 aliphatic carbocycles. The van der Waals surface area contributed by atoms with Crippen molar-refractivity contribution in [2.24, 2.45) is 0 Å². The van der Waals surface area contributed by atoms with Crippen LogP contribution in [0.2, 0.25) is 0 Å². The van der Waals surface area contributed by atoms with Crippen molar-refractivity contribution in [3.8, 4) is 11.5 Å². The largest absolute Gasteiger partial charge is 0.436 e. The summed E-state index contributed by atoms with van der Waals surface area (Å²) in [6.07, 6.45) is 0. The minimum absolute atomic E-state index is 0.255. The molecule has 0 amide bonds. The first-order valence-electron chi connectivity index (χ1n) is 6.56. The van der Waals surface area contributed by atoms with E-state index in [9.17, 15) is 4.39 Å². The van der Waals surface area contributed by atoms with Crippen LogP contribution in [0.4, 0.5) is 10.1 Å². The second-order valence-corrected chi connectivity index (χ2v) is 4.89. The molecule has 21 heavy (non-hydrogen) atoms. The topological polar surface area (TPSA) is 52.0 Å². The summed E-state index contributed by atoms with van der Waals surface area (Å²) in [6.45, 7) is 0. The van der Waals surface area contributed by atoms with Crippen LogP contribution in [0.25, 0.3) is 33.3 Å². The molecule has 0 unspecified atom stereocenters. The molecule has 0 spiro atoms. The van der Waals surface area contributed by atoms with Gasteiger partial charge >= 0.3 is 0 Å². The molecule has 4 aromatic rings. The van der Waals surface area contributed by atoms with Gasteiger partial charge in [0, 0.05) is 22.7 Å². The second-order valence-electron chi connectivity index (χ2n) is 4.89. The SMILES string of the molecule is Nc1ccc2nc(-c3ccc(F)c4ccccc34)oc2c1. The van der Waals surface area contributed by atoms with E-state index in [2.05, 4.69) is 4.98 Å². The summed E-state index contributed by atoms with van der Waals surface area (Å²) < 4.78 is 19.6. The normalized spacial score (nSPS) is 11.3. The molecule has 0 saturated heterocycles. The summed E-state index contributed by atoms with van der Waals surface area (Å²) in [5.74, 6) is 0.210. The van der Waals surface area contributed by atoms with Crippen LogP contribution in [0, 0.1) is 5.82 Å². The van der Waals surface area contributed by atoms with Crippen LogP contribution in [0.1, 0.15) is 0 Å². The molecule has 102 valence electrons. The molecule has 0 fully saturated rings. The van der Waals surface area contributed by atoms with Crippen molar-refractivity contribution in [3.05, 3.63) is 60.4 Å². The smallest absolute Gasteiger partial charge is 0.227 e. The highest BCUT2D eigenvalue weighted by atomic mass is 19.1. The average molecular weight is 278 g/mol. The van der Waals surface area contributed by atoms with E-state index in [-0.39, 0.29) is 5.82 Å². The predicted molar refractivity (Wildman–Crippen MR) is 81.3 cm³/mol. The lowest BCUT2D eigenvalue weighted by Gasteiger charge is -2.03. The van der Waals surface area contributed by atoms with E-state index >= 15 is 0 Å². The van der Waals surface area contributed by atoms with Gasteiger partial charge < -0.3 is 10.2 Å². The van der Waals surface area contributed by atoms with Gasteiger partial charge in [0.25, 0.3) is 0 Å². The van der Waals surface area contributed by atoms with E-state index < -0.39 is 0 Å². The molecule has 3 aromatic carbocycles. The Labute approximate surface area is 119 Å². The predicted octanol–water partition coefficient (Wildman–Crippen LogP) is 4.37. The maximum absolute atomic E-state index is 13.9. The van der Waals surface area contributed by atoms with E-state index in [0.717, 1.165) is 16.5 Å². The fourth-order valence-corrected chi connectivity index (χ4v) is 2.51. The number of rotatable bonds is 1. The first kappa shape index (κ1) is 11.9. The van der Waals surface area contributed by atoms with Gasteiger partial charge in [-0.1, -0.05) is 24.3 Å². The molecule has 4 rings (SSSR count). The number of hydrogen-bond acceptors (Lipinski definition) is 3. The molecular formula is C17H11FN2O. The number of aromatic nitrogens is 1.